The van der Waals surface area contributed by atoms with Gasteiger partial charge in [-0.15, -0.1) is 0 Å². The van der Waals surface area contributed by atoms with Crippen LogP contribution in [0.3, 0.4) is 0 Å². The van der Waals surface area contributed by atoms with E-state index in [1.54, 1.807) is 4.90 Å². The van der Waals surface area contributed by atoms with E-state index in [1.165, 1.54) is 11.8 Å². The van der Waals surface area contributed by atoms with E-state index in [9.17, 15) is 9.59 Å². The van der Waals surface area contributed by atoms with Crippen LogP contribution < -0.4 is 5.32 Å². The Morgan fingerprint density at radius 1 is 1.35 bits per heavy atom. The Hall–Kier alpha value is -2.02. The minimum absolute atomic E-state index is 0.0658. The average Bonchev–Trinajstić information content (AvgIpc) is 3.10. The summed E-state index contributed by atoms with van der Waals surface area (Å²) in [4.78, 5) is 30.0. The summed E-state index contributed by atoms with van der Waals surface area (Å²) in [7, 11) is 0. The van der Waals surface area contributed by atoms with Crippen LogP contribution in [0.4, 0.5) is 10.7 Å². The van der Waals surface area contributed by atoms with Gasteiger partial charge < -0.3 is 9.47 Å². The molecular weight excluding hydrogens is 312 g/mol. The fourth-order valence-electron chi connectivity index (χ4n) is 2.67. The van der Waals surface area contributed by atoms with Crippen LogP contribution in [0.2, 0.25) is 0 Å². The molecule has 2 amide bonds. The number of imidazole rings is 1. The Morgan fingerprint density at radius 2 is 2.17 bits per heavy atom. The summed E-state index contributed by atoms with van der Waals surface area (Å²) in [5.41, 5.74) is 1.90. The van der Waals surface area contributed by atoms with Crippen LogP contribution in [0.5, 0.6) is 0 Å². The van der Waals surface area contributed by atoms with E-state index in [0.29, 0.717) is 18.9 Å². The first-order valence-corrected chi connectivity index (χ1v) is 8.84. The lowest BCUT2D eigenvalue weighted by molar-refractivity contribution is -0.116. The number of aromatic nitrogens is 2. The van der Waals surface area contributed by atoms with Crippen molar-refractivity contribution in [2.75, 3.05) is 24.2 Å². The van der Waals surface area contributed by atoms with Crippen molar-refractivity contribution in [2.45, 2.75) is 26.3 Å². The molecule has 1 aromatic heterocycles. The molecule has 0 aliphatic carbocycles. The fourth-order valence-corrected chi connectivity index (χ4v) is 3.52. The molecule has 6 nitrogen and oxygen atoms in total. The van der Waals surface area contributed by atoms with Crippen molar-refractivity contribution in [1.82, 2.24) is 14.5 Å². The second-order valence-corrected chi connectivity index (χ2v) is 6.52. The van der Waals surface area contributed by atoms with Gasteiger partial charge in [-0.1, -0.05) is 30.8 Å². The van der Waals surface area contributed by atoms with Crippen LogP contribution >= 0.6 is 11.8 Å². The number of carbonyl (C=O) groups is 2. The summed E-state index contributed by atoms with van der Waals surface area (Å²) >= 11 is 1.31. The first-order chi connectivity index (χ1) is 11.2. The molecule has 1 aromatic carbocycles. The van der Waals surface area contributed by atoms with Crippen LogP contribution in [-0.4, -0.2) is 44.4 Å². The summed E-state index contributed by atoms with van der Waals surface area (Å²) in [6.45, 7) is 4.09. The lowest BCUT2D eigenvalue weighted by Crippen LogP contribution is -2.28. The van der Waals surface area contributed by atoms with Crippen molar-refractivity contribution in [3.8, 4) is 0 Å². The number of hydrogen-bond acceptors (Lipinski definition) is 4. The number of benzene rings is 1. The number of rotatable bonds is 6. The van der Waals surface area contributed by atoms with Crippen LogP contribution in [0, 0.1) is 0 Å². The van der Waals surface area contributed by atoms with Crippen molar-refractivity contribution < 1.29 is 9.59 Å². The summed E-state index contributed by atoms with van der Waals surface area (Å²) in [6, 6.07) is 7.86. The van der Waals surface area contributed by atoms with Crippen molar-refractivity contribution in [2.24, 2.45) is 0 Å². The average molecular weight is 332 g/mol. The number of anilines is 1. The van der Waals surface area contributed by atoms with Gasteiger partial charge in [0, 0.05) is 31.8 Å². The number of fused-ring (bicyclic) bond motifs is 1. The van der Waals surface area contributed by atoms with Crippen LogP contribution in [0.15, 0.2) is 24.3 Å². The number of para-hydroxylation sites is 2. The Balaban J connectivity index is 1.69. The van der Waals surface area contributed by atoms with E-state index in [1.807, 2.05) is 28.8 Å². The van der Waals surface area contributed by atoms with Crippen LogP contribution in [-0.2, 0) is 11.3 Å². The molecule has 0 saturated carbocycles. The SMILES string of the molecule is CCCn1c(NC(=O)CCN2CCSC2=O)nc2ccccc21. The largest absolute Gasteiger partial charge is 0.332 e. The van der Waals surface area contributed by atoms with Gasteiger partial charge in [-0.2, -0.15) is 0 Å². The van der Waals surface area contributed by atoms with Crippen molar-refractivity contribution in [1.29, 1.82) is 0 Å². The number of thioether (sulfide) groups is 1. The lowest BCUT2D eigenvalue weighted by atomic mass is 10.3. The van der Waals surface area contributed by atoms with E-state index >= 15 is 0 Å². The topological polar surface area (TPSA) is 67.2 Å². The van der Waals surface area contributed by atoms with Gasteiger partial charge in [0.1, 0.15) is 0 Å². The molecule has 23 heavy (non-hydrogen) atoms. The molecule has 1 N–H and O–H groups in total. The van der Waals surface area contributed by atoms with Gasteiger partial charge in [0.05, 0.1) is 11.0 Å². The van der Waals surface area contributed by atoms with E-state index in [-0.39, 0.29) is 11.1 Å². The third kappa shape index (κ3) is 3.50. The zero-order valence-corrected chi connectivity index (χ0v) is 13.9. The van der Waals surface area contributed by atoms with E-state index < -0.39 is 0 Å². The van der Waals surface area contributed by atoms with Gasteiger partial charge in [-0.25, -0.2) is 4.98 Å². The highest BCUT2D eigenvalue weighted by Gasteiger charge is 2.21. The highest BCUT2D eigenvalue weighted by atomic mass is 32.2. The second kappa shape index (κ2) is 7.04. The van der Waals surface area contributed by atoms with Crippen LogP contribution in [0.1, 0.15) is 19.8 Å². The van der Waals surface area contributed by atoms with Crippen LogP contribution in [0.25, 0.3) is 11.0 Å². The molecule has 1 fully saturated rings. The number of amides is 2. The molecule has 0 bridgehead atoms. The maximum atomic E-state index is 12.2. The summed E-state index contributed by atoms with van der Waals surface area (Å²) in [6.07, 6.45) is 1.25. The van der Waals surface area contributed by atoms with E-state index in [4.69, 9.17) is 0 Å². The molecule has 3 rings (SSSR count). The number of carbonyl (C=O) groups excluding carboxylic acids is 2. The van der Waals surface area contributed by atoms with Gasteiger partial charge in [-0.05, 0) is 18.6 Å². The molecule has 7 heteroatoms. The molecule has 1 aliphatic rings. The number of nitrogens with one attached hydrogen (secondary N) is 1. The predicted octanol–water partition coefficient (Wildman–Crippen LogP) is 2.94. The van der Waals surface area contributed by atoms with Gasteiger partial charge >= 0.3 is 0 Å². The summed E-state index contributed by atoms with van der Waals surface area (Å²) in [5.74, 6) is 1.29. The normalized spacial score (nSPS) is 14.7. The monoisotopic (exact) mass is 332 g/mol. The number of hydrogen-bond donors (Lipinski definition) is 1. The van der Waals surface area contributed by atoms with Gasteiger partial charge in [0.2, 0.25) is 11.9 Å². The molecule has 1 saturated heterocycles. The van der Waals surface area contributed by atoms with E-state index in [2.05, 4.69) is 17.2 Å². The standard InChI is InChI=1S/C16H20N4O2S/c1-2-8-20-13-6-4-3-5-12(13)17-15(20)18-14(21)7-9-19-10-11-23-16(19)22/h3-6H,2,7-11H2,1H3,(H,17,18,21). The third-order valence-corrected chi connectivity index (χ3v) is 4.70. The maximum Gasteiger partial charge on any atom is 0.281 e. The molecule has 122 valence electrons. The minimum Gasteiger partial charge on any atom is -0.332 e. The zero-order chi connectivity index (χ0) is 16.2. The predicted molar refractivity (Wildman–Crippen MR) is 92.7 cm³/mol. The summed E-state index contributed by atoms with van der Waals surface area (Å²) in [5, 5.41) is 2.96. The smallest absolute Gasteiger partial charge is 0.281 e. The molecule has 0 atom stereocenters. The highest BCUT2D eigenvalue weighted by molar-refractivity contribution is 8.13. The quantitative estimate of drug-likeness (QED) is 0.883. The second-order valence-electron chi connectivity index (χ2n) is 5.48. The third-order valence-electron chi connectivity index (χ3n) is 3.81. The van der Waals surface area contributed by atoms with Crippen molar-refractivity contribution in [3.63, 3.8) is 0 Å². The van der Waals surface area contributed by atoms with Gasteiger partial charge in [0.25, 0.3) is 5.24 Å². The van der Waals surface area contributed by atoms with E-state index in [0.717, 1.165) is 36.3 Å². The van der Waals surface area contributed by atoms with Crippen molar-refractivity contribution in [3.05, 3.63) is 24.3 Å². The lowest BCUT2D eigenvalue weighted by Gasteiger charge is -2.14. The minimum atomic E-state index is -0.109. The highest BCUT2D eigenvalue weighted by Crippen LogP contribution is 2.21. The molecule has 0 unspecified atom stereocenters. The Labute approximate surface area is 139 Å². The zero-order valence-electron chi connectivity index (χ0n) is 13.1. The summed E-state index contributed by atoms with van der Waals surface area (Å²) < 4.78 is 2.03. The van der Waals surface area contributed by atoms with Crippen molar-refractivity contribution >= 4 is 39.9 Å². The molecule has 2 heterocycles. The molecule has 0 spiro atoms. The Bertz CT molecular complexity index is 728. The molecular formula is C16H20N4O2S. The number of aryl methyl sites for hydroxylation is 1. The first-order valence-electron chi connectivity index (χ1n) is 7.86. The Kier molecular flexibility index (Phi) is 4.85. The molecule has 2 aromatic rings. The van der Waals surface area contributed by atoms with Gasteiger partial charge in [0.15, 0.2) is 0 Å². The maximum absolute atomic E-state index is 12.2. The molecule has 0 radical (unpaired) electrons. The first kappa shape index (κ1) is 15.9. The Morgan fingerprint density at radius 3 is 2.91 bits per heavy atom. The van der Waals surface area contributed by atoms with Gasteiger partial charge in [-0.3, -0.25) is 14.9 Å². The number of nitrogens with zero attached hydrogens (tertiary/aromatic N) is 3. The molecule has 1 aliphatic heterocycles. The fraction of sp³-hybridized carbons (Fsp3) is 0.438.